The average Bonchev–Trinajstić information content (AvgIpc) is 2.54. The molecule has 0 bridgehead atoms. The summed E-state index contributed by atoms with van der Waals surface area (Å²) < 4.78 is 0. The van der Waals surface area contributed by atoms with Gasteiger partial charge in [-0.25, -0.2) is 0 Å². The highest BCUT2D eigenvalue weighted by atomic mass is 32.2. The van der Waals surface area contributed by atoms with Crippen molar-refractivity contribution >= 4 is 34.3 Å². The number of pyridine rings is 1. The fourth-order valence-electron chi connectivity index (χ4n) is 2.22. The number of amides is 1. The molecule has 0 radical (unpaired) electrons. The van der Waals surface area contributed by atoms with Gasteiger partial charge in [0.25, 0.3) is 5.91 Å². The number of rotatable bonds is 3. The number of para-hydroxylation sites is 2. The van der Waals surface area contributed by atoms with E-state index >= 15 is 0 Å². The lowest BCUT2D eigenvalue weighted by Gasteiger charge is -2.10. The molecule has 21 heavy (non-hydrogen) atoms. The number of anilines is 1. The molecule has 0 saturated carbocycles. The van der Waals surface area contributed by atoms with Crippen molar-refractivity contribution in [3.63, 3.8) is 0 Å². The summed E-state index contributed by atoms with van der Waals surface area (Å²) >= 11 is 1.61. The van der Waals surface area contributed by atoms with Gasteiger partial charge in [-0.15, -0.1) is 11.8 Å². The molecule has 2 aromatic carbocycles. The standard InChI is InChI=1S/C17H14N2OS/c1-21-15-10-3-2-9-14(15)19-17(20)13-8-4-6-12-7-5-11-18-16(12)13/h2-11H,1H3,(H,19,20). The Morgan fingerprint density at radius 3 is 2.71 bits per heavy atom. The summed E-state index contributed by atoms with van der Waals surface area (Å²) in [6.07, 6.45) is 3.69. The van der Waals surface area contributed by atoms with Gasteiger partial charge in [-0.1, -0.05) is 30.3 Å². The Bertz CT molecular complexity index is 796. The Hall–Kier alpha value is -2.33. The lowest BCUT2D eigenvalue weighted by atomic mass is 10.1. The van der Waals surface area contributed by atoms with Crippen LogP contribution in [0.5, 0.6) is 0 Å². The van der Waals surface area contributed by atoms with Gasteiger partial charge in [0.1, 0.15) is 0 Å². The Morgan fingerprint density at radius 1 is 1.05 bits per heavy atom. The molecule has 104 valence electrons. The number of fused-ring (bicyclic) bond motifs is 1. The van der Waals surface area contributed by atoms with E-state index in [1.54, 1.807) is 24.0 Å². The van der Waals surface area contributed by atoms with Crippen LogP contribution in [0.15, 0.2) is 65.7 Å². The molecular weight excluding hydrogens is 280 g/mol. The molecule has 1 heterocycles. The number of thioether (sulfide) groups is 1. The fourth-order valence-corrected chi connectivity index (χ4v) is 2.78. The maximum Gasteiger partial charge on any atom is 0.257 e. The molecule has 0 aliphatic carbocycles. The number of carbonyl (C=O) groups is 1. The molecule has 1 N–H and O–H groups in total. The van der Waals surface area contributed by atoms with Gasteiger partial charge in [0.15, 0.2) is 0 Å². The monoisotopic (exact) mass is 294 g/mol. The van der Waals surface area contributed by atoms with Crippen molar-refractivity contribution in [2.75, 3.05) is 11.6 Å². The molecule has 1 aromatic heterocycles. The lowest BCUT2D eigenvalue weighted by Crippen LogP contribution is -2.13. The van der Waals surface area contributed by atoms with E-state index in [-0.39, 0.29) is 5.91 Å². The number of hydrogen-bond donors (Lipinski definition) is 1. The SMILES string of the molecule is CSc1ccccc1NC(=O)c1cccc2cccnc12. The predicted octanol–water partition coefficient (Wildman–Crippen LogP) is 4.21. The van der Waals surface area contributed by atoms with Gasteiger partial charge in [-0.2, -0.15) is 0 Å². The minimum Gasteiger partial charge on any atom is -0.321 e. The van der Waals surface area contributed by atoms with E-state index in [1.165, 1.54) is 0 Å². The van der Waals surface area contributed by atoms with E-state index in [2.05, 4.69) is 10.3 Å². The summed E-state index contributed by atoms with van der Waals surface area (Å²) in [4.78, 5) is 17.9. The zero-order valence-corrected chi connectivity index (χ0v) is 12.4. The second-order valence-electron chi connectivity index (χ2n) is 4.54. The second kappa shape index (κ2) is 5.97. The van der Waals surface area contributed by atoms with Crippen LogP contribution in [0.3, 0.4) is 0 Å². The molecule has 0 aliphatic rings. The third-order valence-corrected chi connectivity index (χ3v) is 4.03. The van der Waals surface area contributed by atoms with Crippen LogP contribution in [0.25, 0.3) is 10.9 Å². The van der Waals surface area contributed by atoms with Crippen molar-refractivity contribution in [2.45, 2.75) is 4.90 Å². The van der Waals surface area contributed by atoms with Gasteiger partial charge in [0, 0.05) is 16.5 Å². The minimum atomic E-state index is -0.138. The van der Waals surface area contributed by atoms with E-state index in [1.807, 2.05) is 54.8 Å². The zero-order chi connectivity index (χ0) is 14.7. The van der Waals surface area contributed by atoms with Crippen LogP contribution in [0.2, 0.25) is 0 Å². The van der Waals surface area contributed by atoms with Crippen molar-refractivity contribution in [1.82, 2.24) is 4.98 Å². The Morgan fingerprint density at radius 2 is 1.86 bits per heavy atom. The summed E-state index contributed by atoms with van der Waals surface area (Å²) in [5, 5.41) is 3.93. The second-order valence-corrected chi connectivity index (χ2v) is 5.38. The van der Waals surface area contributed by atoms with Crippen molar-refractivity contribution in [3.8, 4) is 0 Å². The van der Waals surface area contributed by atoms with Crippen LogP contribution in [0.1, 0.15) is 10.4 Å². The number of nitrogens with zero attached hydrogens (tertiary/aromatic N) is 1. The maximum atomic E-state index is 12.5. The first kappa shape index (κ1) is 13.6. The van der Waals surface area contributed by atoms with Gasteiger partial charge in [0.2, 0.25) is 0 Å². The molecule has 0 aliphatic heterocycles. The van der Waals surface area contributed by atoms with E-state index in [0.717, 1.165) is 21.5 Å². The van der Waals surface area contributed by atoms with Gasteiger partial charge in [0.05, 0.1) is 16.8 Å². The summed E-state index contributed by atoms with van der Waals surface area (Å²) in [5.74, 6) is -0.138. The van der Waals surface area contributed by atoms with Gasteiger partial charge >= 0.3 is 0 Å². The third kappa shape index (κ3) is 2.76. The normalized spacial score (nSPS) is 10.5. The minimum absolute atomic E-state index is 0.138. The van der Waals surface area contributed by atoms with E-state index < -0.39 is 0 Å². The van der Waals surface area contributed by atoms with Gasteiger partial charge in [-0.05, 0) is 30.5 Å². The van der Waals surface area contributed by atoms with Crippen molar-refractivity contribution < 1.29 is 4.79 Å². The first-order valence-corrected chi connectivity index (χ1v) is 7.80. The molecule has 3 rings (SSSR count). The summed E-state index contributed by atoms with van der Waals surface area (Å²) in [7, 11) is 0. The van der Waals surface area contributed by atoms with E-state index in [4.69, 9.17) is 0 Å². The lowest BCUT2D eigenvalue weighted by molar-refractivity contribution is 0.102. The van der Waals surface area contributed by atoms with E-state index in [9.17, 15) is 4.79 Å². The molecule has 1 amide bonds. The zero-order valence-electron chi connectivity index (χ0n) is 11.5. The van der Waals surface area contributed by atoms with E-state index in [0.29, 0.717) is 5.56 Å². The van der Waals surface area contributed by atoms with Crippen LogP contribution < -0.4 is 5.32 Å². The highest BCUT2D eigenvalue weighted by molar-refractivity contribution is 7.98. The molecular formula is C17H14N2OS. The Kier molecular flexibility index (Phi) is 3.88. The molecule has 0 saturated heterocycles. The number of nitrogens with one attached hydrogen (secondary N) is 1. The van der Waals surface area contributed by atoms with Crippen LogP contribution in [-0.4, -0.2) is 17.1 Å². The number of benzene rings is 2. The quantitative estimate of drug-likeness (QED) is 0.736. The molecule has 4 heteroatoms. The van der Waals surface area contributed by atoms with Gasteiger partial charge in [-0.3, -0.25) is 9.78 Å². The number of aromatic nitrogens is 1. The summed E-state index contributed by atoms with van der Waals surface area (Å²) in [6.45, 7) is 0. The summed E-state index contributed by atoms with van der Waals surface area (Å²) in [5.41, 5.74) is 2.13. The first-order chi connectivity index (χ1) is 10.3. The molecule has 0 atom stereocenters. The molecule has 3 nitrogen and oxygen atoms in total. The van der Waals surface area contributed by atoms with Crippen LogP contribution in [0, 0.1) is 0 Å². The first-order valence-electron chi connectivity index (χ1n) is 6.58. The Balaban J connectivity index is 1.98. The van der Waals surface area contributed by atoms with Crippen LogP contribution >= 0.6 is 11.8 Å². The fraction of sp³-hybridized carbons (Fsp3) is 0.0588. The topological polar surface area (TPSA) is 42.0 Å². The number of carbonyl (C=O) groups excluding carboxylic acids is 1. The molecule has 0 unspecified atom stereocenters. The van der Waals surface area contributed by atoms with Crippen molar-refractivity contribution in [3.05, 3.63) is 66.4 Å². The molecule has 0 fully saturated rings. The summed E-state index contributed by atoms with van der Waals surface area (Å²) in [6, 6.07) is 17.2. The molecule has 3 aromatic rings. The predicted molar refractivity (Wildman–Crippen MR) is 87.9 cm³/mol. The number of hydrogen-bond acceptors (Lipinski definition) is 3. The molecule has 0 spiro atoms. The van der Waals surface area contributed by atoms with Gasteiger partial charge < -0.3 is 5.32 Å². The highest BCUT2D eigenvalue weighted by Gasteiger charge is 2.12. The Labute approximate surface area is 127 Å². The maximum absolute atomic E-state index is 12.5. The van der Waals surface area contributed by atoms with Crippen LogP contribution in [0.4, 0.5) is 5.69 Å². The largest absolute Gasteiger partial charge is 0.321 e. The average molecular weight is 294 g/mol. The third-order valence-electron chi connectivity index (χ3n) is 3.23. The smallest absolute Gasteiger partial charge is 0.257 e. The van der Waals surface area contributed by atoms with Crippen LogP contribution in [-0.2, 0) is 0 Å². The van der Waals surface area contributed by atoms with Crippen molar-refractivity contribution in [2.24, 2.45) is 0 Å². The van der Waals surface area contributed by atoms with Crippen molar-refractivity contribution in [1.29, 1.82) is 0 Å². The highest BCUT2D eigenvalue weighted by Crippen LogP contribution is 2.25.